The zero-order chi connectivity index (χ0) is 29.0. The Labute approximate surface area is 239 Å². The van der Waals surface area contributed by atoms with Crippen LogP contribution in [-0.4, -0.2) is 64.9 Å². The third-order valence-electron chi connectivity index (χ3n) is 7.18. The average molecular weight is 567 g/mol. The zero-order valence-corrected chi connectivity index (χ0v) is 23.9. The minimum Gasteiger partial charge on any atom is -0.457 e. The highest BCUT2D eigenvalue weighted by Gasteiger charge is 2.45. The number of Topliss-reactive ketones (excluding diaryl/α,β-unsaturated/α-hetero) is 1. The van der Waals surface area contributed by atoms with Crippen molar-refractivity contribution in [2.45, 2.75) is 51.8 Å². The second kappa shape index (κ2) is 12.3. The normalized spacial score (nSPS) is 20.4. The molecule has 212 valence electrons. The lowest BCUT2D eigenvalue weighted by Gasteiger charge is -2.38. The molecule has 8 nitrogen and oxygen atoms in total. The second-order valence-corrected chi connectivity index (χ2v) is 11.7. The predicted molar refractivity (Wildman–Crippen MR) is 151 cm³/mol. The molecule has 9 heteroatoms. The van der Waals surface area contributed by atoms with Gasteiger partial charge in [-0.2, -0.15) is 0 Å². The van der Waals surface area contributed by atoms with E-state index in [1.165, 1.54) is 4.90 Å². The highest BCUT2D eigenvalue weighted by atomic mass is 35.5. The number of esters is 1. The standard InChI is InChI=1S/C31H35ClN2O6/c1-5-9-22-16-33(18-25(22)29(37)39-19-27(35)20-10-7-6-8-11-20)28(36)26-15-21-12-13-24(32)14-23(21)17-34(26)30(38)40-31(2,3)4/h5-8,10-14,22,25-26H,1,9,15-19H2,2-4H3. The Morgan fingerprint density at radius 2 is 1.77 bits per heavy atom. The summed E-state index contributed by atoms with van der Waals surface area (Å²) in [6.07, 6.45) is 1.92. The summed E-state index contributed by atoms with van der Waals surface area (Å²) in [5.41, 5.74) is 1.51. The van der Waals surface area contributed by atoms with Crippen LogP contribution in [0.1, 0.15) is 48.7 Å². The van der Waals surface area contributed by atoms with Gasteiger partial charge in [0, 0.05) is 30.1 Å². The lowest BCUT2D eigenvalue weighted by molar-refractivity contribution is -0.148. The fourth-order valence-electron chi connectivity index (χ4n) is 5.22. The van der Waals surface area contributed by atoms with Gasteiger partial charge in [0.25, 0.3) is 0 Å². The van der Waals surface area contributed by atoms with Gasteiger partial charge < -0.3 is 14.4 Å². The number of ketones is 1. The van der Waals surface area contributed by atoms with E-state index in [-0.39, 0.29) is 37.3 Å². The van der Waals surface area contributed by atoms with E-state index in [1.54, 1.807) is 74.2 Å². The summed E-state index contributed by atoms with van der Waals surface area (Å²) in [5.74, 6) is -1.93. The van der Waals surface area contributed by atoms with Crippen molar-refractivity contribution in [3.63, 3.8) is 0 Å². The van der Waals surface area contributed by atoms with Crippen LogP contribution in [0, 0.1) is 11.8 Å². The van der Waals surface area contributed by atoms with Crippen LogP contribution in [0.5, 0.6) is 0 Å². The molecule has 0 aromatic heterocycles. The molecule has 0 saturated carbocycles. The summed E-state index contributed by atoms with van der Waals surface area (Å²) in [7, 11) is 0. The molecule has 1 saturated heterocycles. The molecule has 4 rings (SSSR count). The molecule has 2 aliphatic rings. The van der Waals surface area contributed by atoms with Crippen molar-refractivity contribution in [2.75, 3.05) is 19.7 Å². The third kappa shape index (κ3) is 6.91. The first-order chi connectivity index (χ1) is 19.0. The minimum atomic E-state index is -0.803. The lowest BCUT2D eigenvalue weighted by Crippen LogP contribution is -2.54. The van der Waals surface area contributed by atoms with Crippen LogP contribution < -0.4 is 0 Å². The Morgan fingerprint density at radius 3 is 2.45 bits per heavy atom. The van der Waals surface area contributed by atoms with E-state index in [0.29, 0.717) is 30.0 Å². The van der Waals surface area contributed by atoms with Gasteiger partial charge >= 0.3 is 12.1 Å². The van der Waals surface area contributed by atoms with Crippen molar-refractivity contribution in [1.29, 1.82) is 0 Å². The number of benzene rings is 2. The van der Waals surface area contributed by atoms with E-state index in [1.807, 2.05) is 6.07 Å². The Balaban J connectivity index is 1.51. The predicted octanol–water partition coefficient (Wildman–Crippen LogP) is 5.08. The largest absolute Gasteiger partial charge is 0.457 e. The first kappa shape index (κ1) is 29.3. The van der Waals surface area contributed by atoms with Crippen molar-refractivity contribution >= 4 is 35.4 Å². The van der Waals surface area contributed by atoms with E-state index in [2.05, 4.69) is 6.58 Å². The molecule has 0 N–H and O–H groups in total. The molecule has 2 aliphatic heterocycles. The fourth-order valence-corrected chi connectivity index (χ4v) is 5.41. The van der Waals surface area contributed by atoms with Crippen LogP contribution >= 0.6 is 11.6 Å². The summed E-state index contributed by atoms with van der Waals surface area (Å²) < 4.78 is 11.0. The number of carbonyl (C=O) groups excluding carboxylic acids is 4. The summed E-state index contributed by atoms with van der Waals surface area (Å²) in [6.45, 7) is 9.37. The number of carbonyl (C=O) groups is 4. The molecule has 0 spiro atoms. The number of nitrogens with zero attached hydrogens (tertiary/aromatic N) is 2. The van der Waals surface area contributed by atoms with Gasteiger partial charge in [-0.3, -0.25) is 19.3 Å². The Hall–Kier alpha value is -3.65. The van der Waals surface area contributed by atoms with Crippen molar-refractivity contribution in [3.05, 3.63) is 82.9 Å². The van der Waals surface area contributed by atoms with E-state index in [9.17, 15) is 19.2 Å². The van der Waals surface area contributed by atoms with Crippen molar-refractivity contribution in [3.8, 4) is 0 Å². The summed E-state index contributed by atoms with van der Waals surface area (Å²) in [6, 6.07) is 13.3. The molecule has 0 bridgehead atoms. The molecule has 3 unspecified atom stereocenters. The highest BCUT2D eigenvalue weighted by Crippen LogP contribution is 2.32. The van der Waals surface area contributed by atoms with Crippen molar-refractivity contribution in [2.24, 2.45) is 11.8 Å². The van der Waals surface area contributed by atoms with E-state index >= 15 is 0 Å². The quantitative estimate of drug-likeness (QED) is 0.264. The number of hydrogen-bond acceptors (Lipinski definition) is 6. The number of rotatable bonds is 7. The maximum Gasteiger partial charge on any atom is 0.411 e. The van der Waals surface area contributed by atoms with E-state index in [4.69, 9.17) is 21.1 Å². The molecule has 3 atom stereocenters. The second-order valence-electron chi connectivity index (χ2n) is 11.3. The Kier molecular flexibility index (Phi) is 8.98. The molecular formula is C31H35ClN2O6. The van der Waals surface area contributed by atoms with Gasteiger partial charge in [0.05, 0.1) is 12.5 Å². The van der Waals surface area contributed by atoms with Crippen LogP contribution in [0.15, 0.2) is 61.2 Å². The highest BCUT2D eigenvalue weighted by molar-refractivity contribution is 6.30. The first-order valence-corrected chi connectivity index (χ1v) is 13.8. The van der Waals surface area contributed by atoms with Crippen molar-refractivity contribution < 1.29 is 28.7 Å². The number of hydrogen-bond donors (Lipinski definition) is 0. The van der Waals surface area contributed by atoms with Crippen LogP contribution in [0.3, 0.4) is 0 Å². The molecule has 1 fully saturated rings. The molecule has 0 aliphatic carbocycles. The monoisotopic (exact) mass is 566 g/mol. The smallest absolute Gasteiger partial charge is 0.411 e. The lowest BCUT2D eigenvalue weighted by atomic mass is 9.93. The van der Waals surface area contributed by atoms with Crippen LogP contribution in [0.4, 0.5) is 4.79 Å². The van der Waals surface area contributed by atoms with E-state index < -0.39 is 29.6 Å². The van der Waals surface area contributed by atoms with Crippen LogP contribution in [0.25, 0.3) is 0 Å². The van der Waals surface area contributed by atoms with Crippen LogP contribution in [0.2, 0.25) is 5.02 Å². The number of likely N-dealkylation sites (tertiary alicyclic amines) is 1. The van der Waals surface area contributed by atoms with Gasteiger partial charge in [-0.1, -0.05) is 54.1 Å². The summed E-state index contributed by atoms with van der Waals surface area (Å²) in [5, 5.41) is 0.548. The van der Waals surface area contributed by atoms with Gasteiger partial charge in [0.15, 0.2) is 12.4 Å². The van der Waals surface area contributed by atoms with Crippen molar-refractivity contribution in [1.82, 2.24) is 9.80 Å². The Morgan fingerprint density at radius 1 is 1.05 bits per heavy atom. The molecule has 2 aromatic carbocycles. The number of fused-ring (bicyclic) bond motifs is 1. The van der Waals surface area contributed by atoms with Gasteiger partial charge in [0.1, 0.15) is 11.6 Å². The van der Waals surface area contributed by atoms with Gasteiger partial charge in [0.2, 0.25) is 5.91 Å². The summed E-state index contributed by atoms with van der Waals surface area (Å²) >= 11 is 6.20. The van der Waals surface area contributed by atoms with Crippen LogP contribution in [-0.2, 0) is 32.0 Å². The minimum absolute atomic E-state index is 0.127. The fraction of sp³-hybridized carbons (Fsp3) is 0.419. The SMILES string of the molecule is C=CCC1CN(C(=O)C2Cc3ccc(Cl)cc3CN2C(=O)OC(C)(C)C)CC1C(=O)OCC(=O)c1ccccc1. The molecule has 2 amide bonds. The number of allylic oxidation sites excluding steroid dienone is 1. The maximum atomic E-state index is 13.9. The molecular weight excluding hydrogens is 532 g/mol. The van der Waals surface area contributed by atoms with Gasteiger partial charge in [-0.15, -0.1) is 6.58 Å². The molecule has 0 radical (unpaired) electrons. The average Bonchev–Trinajstić information content (AvgIpc) is 3.34. The zero-order valence-electron chi connectivity index (χ0n) is 23.1. The number of ether oxygens (including phenoxy) is 2. The molecule has 40 heavy (non-hydrogen) atoms. The van der Waals surface area contributed by atoms with E-state index in [0.717, 1.165) is 11.1 Å². The molecule has 2 heterocycles. The Bertz CT molecular complexity index is 1290. The maximum absolute atomic E-state index is 13.9. The topological polar surface area (TPSA) is 93.2 Å². The van der Waals surface area contributed by atoms with Gasteiger partial charge in [-0.05, 0) is 56.4 Å². The number of halogens is 1. The third-order valence-corrected chi connectivity index (χ3v) is 7.41. The van der Waals surface area contributed by atoms with Gasteiger partial charge in [-0.25, -0.2) is 4.79 Å². The summed E-state index contributed by atoms with van der Waals surface area (Å²) in [4.78, 5) is 55.8. The number of amides is 2. The molecule has 2 aromatic rings. The first-order valence-electron chi connectivity index (χ1n) is 13.4.